The molecule has 0 fully saturated rings. The number of nitrogens with one attached hydrogen (secondary N) is 1. The second kappa shape index (κ2) is 6.99. The van der Waals surface area contributed by atoms with E-state index in [2.05, 4.69) is 119 Å². The fourth-order valence-electron chi connectivity index (χ4n) is 4.23. The minimum atomic E-state index is 0.0770. The molecule has 0 aliphatic rings. The number of aromatic amines is 1. The molecule has 4 aromatic rings. The summed E-state index contributed by atoms with van der Waals surface area (Å²) in [7, 11) is 0. The first-order valence-corrected chi connectivity index (χ1v) is 11.5. The summed E-state index contributed by atoms with van der Waals surface area (Å²) in [5.74, 6) is 0. The van der Waals surface area contributed by atoms with Gasteiger partial charge in [0.05, 0.1) is 5.52 Å². The molecule has 0 amide bonds. The molecule has 1 heterocycles. The second-order valence-corrected chi connectivity index (χ2v) is 11.5. The maximum Gasteiger partial charge on any atom is 0.0544 e. The molecule has 1 N–H and O–H groups in total. The van der Waals surface area contributed by atoms with Gasteiger partial charge in [-0.2, -0.15) is 0 Å². The van der Waals surface area contributed by atoms with E-state index in [9.17, 15) is 0 Å². The molecule has 156 valence electrons. The van der Waals surface area contributed by atoms with Crippen LogP contribution in [0.25, 0.3) is 32.9 Å². The van der Waals surface area contributed by atoms with Gasteiger partial charge in [-0.1, -0.05) is 75.7 Å². The van der Waals surface area contributed by atoms with E-state index < -0.39 is 0 Å². The molecule has 0 bridgehead atoms. The lowest BCUT2D eigenvalue weighted by molar-refractivity contribution is 0.590. The third kappa shape index (κ3) is 3.60. The van der Waals surface area contributed by atoms with Crippen molar-refractivity contribution in [3.63, 3.8) is 0 Å². The Morgan fingerprint density at radius 1 is 0.700 bits per heavy atom. The number of fused-ring (bicyclic) bond motifs is 3. The lowest BCUT2D eigenvalue weighted by atomic mass is 9.83. The molecule has 0 saturated carbocycles. The van der Waals surface area contributed by atoms with E-state index in [0.717, 1.165) is 0 Å². The molecule has 2 heteroatoms. The Labute approximate surface area is 189 Å². The van der Waals surface area contributed by atoms with Crippen molar-refractivity contribution in [1.29, 1.82) is 0 Å². The highest BCUT2D eigenvalue weighted by molar-refractivity contribution is 9.10. The van der Waals surface area contributed by atoms with Crippen molar-refractivity contribution in [2.24, 2.45) is 0 Å². The summed E-state index contributed by atoms with van der Waals surface area (Å²) in [6.45, 7) is 18.1. The normalized spacial score (nSPS) is 12.8. The predicted octanol–water partition coefficient (Wildman–Crippen LogP) is 8.96. The molecule has 0 atom stereocenters. The van der Waals surface area contributed by atoms with Crippen molar-refractivity contribution in [3.8, 4) is 11.1 Å². The van der Waals surface area contributed by atoms with Gasteiger partial charge >= 0.3 is 0 Å². The summed E-state index contributed by atoms with van der Waals surface area (Å²) >= 11 is 3.73. The average Bonchev–Trinajstić information content (AvgIpc) is 3.01. The van der Waals surface area contributed by atoms with Crippen LogP contribution in [0.1, 0.15) is 63.8 Å². The average molecular weight is 462 g/mol. The molecule has 3 aromatic carbocycles. The highest BCUT2D eigenvalue weighted by Gasteiger charge is 2.21. The maximum atomic E-state index is 3.74. The Bertz CT molecular complexity index is 1250. The van der Waals surface area contributed by atoms with E-state index in [1.165, 1.54) is 59.7 Å². The summed E-state index contributed by atoms with van der Waals surface area (Å²) in [6, 6.07) is 16.2. The molecule has 1 aromatic heterocycles. The minimum Gasteiger partial charge on any atom is -0.354 e. The van der Waals surface area contributed by atoms with Gasteiger partial charge in [-0.3, -0.25) is 0 Å². The van der Waals surface area contributed by atoms with Crippen molar-refractivity contribution in [2.45, 2.75) is 66.2 Å². The molecular weight excluding hydrogens is 430 g/mol. The van der Waals surface area contributed by atoms with Gasteiger partial charge in [0.15, 0.2) is 0 Å². The lowest BCUT2D eigenvalue weighted by Crippen LogP contribution is -2.11. The SMILES string of the molecule is Cc1cc(-c2cc(C(C)(C)C)cc3c2[nH]c2ccc(C(C)(C)C)cc23)cc(C)c1Br. The van der Waals surface area contributed by atoms with Crippen molar-refractivity contribution < 1.29 is 0 Å². The lowest BCUT2D eigenvalue weighted by Gasteiger charge is -2.21. The molecule has 0 aliphatic carbocycles. The van der Waals surface area contributed by atoms with Gasteiger partial charge in [0, 0.05) is 26.3 Å². The Balaban J connectivity index is 2.12. The summed E-state index contributed by atoms with van der Waals surface area (Å²) < 4.78 is 1.20. The number of aromatic nitrogens is 1. The van der Waals surface area contributed by atoms with Gasteiger partial charge < -0.3 is 4.98 Å². The summed E-state index contributed by atoms with van der Waals surface area (Å²) in [6.07, 6.45) is 0. The summed E-state index contributed by atoms with van der Waals surface area (Å²) in [5, 5.41) is 2.63. The molecule has 0 radical (unpaired) electrons. The van der Waals surface area contributed by atoms with E-state index >= 15 is 0 Å². The zero-order valence-corrected chi connectivity index (χ0v) is 21.0. The molecule has 30 heavy (non-hydrogen) atoms. The van der Waals surface area contributed by atoms with Crippen LogP contribution in [-0.4, -0.2) is 4.98 Å². The maximum absolute atomic E-state index is 3.74. The first kappa shape index (κ1) is 21.2. The van der Waals surface area contributed by atoms with Crippen molar-refractivity contribution in [1.82, 2.24) is 4.98 Å². The summed E-state index contributed by atoms with van der Waals surface area (Å²) in [4.78, 5) is 3.74. The van der Waals surface area contributed by atoms with Gasteiger partial charge in [-0.25, -0.2) is 0 Å². The molecule has 0 saturated heterocycles. The van der Waals surface area contributed by atoms with E-state index in [0.29, 0.717) is 0 Å². The molecule has 0 spiro atoms. The second-order valence-electron chi connectivity index (χ2n) is 10.8. The Morgan fingerprint density at radius 3 is 1.83 bits per heavy atom. The van der Waals surface area contributed by atoms with Crippen LogP contribution in [0.3, 0.4) is 0 Å². The Kier molecular flexibility index (Phi) is 4.93. The van der Waals surface area contributed by atoms with Crippen LogP contribution in [0.5, 0.6) is 0 Å². The zero-order chi connectivity index (χ0) is 22.0. The zero-order valence-electron chi connectivity index (χ0n) is 19.4. The smallest absolute Gasteiger partial charge is 0.0544 e. The quantitative estimate of drug-likeness (QED) is 0.291. The summed E-state index contributed by atoms with van der Waals surface area (Å²) in [5.41, 5.74) is 10.5. The molecular formula is C28H32BrN. The largest absolute Gasteiger partial charge is 0.354 e. The minimum absolute atomic E-state index is 0.0770. The number of halogens is 1. The van der Waals surface area contributed by atoms with Crippen LogP contribution >= 0.6 is 15.9 Å². The monoisotopic (exact) mass is 461 g/mol. The fourth-order valence-corrected chi connectivity index (χ4v) is 4.46. The first-order chi connectivity index (χ1) is 13.9. The first-order valence-electron chi connectivity index (χ1n) is 10.7. The molecule has 0 unspecified atom stereocenters. The van der Waals surface area contributed by atoms with E-state index in [1.807, 2.05) is 0 Å². The van der Waals surface area contributed by atoms with Crippen LogP contribution in [0.15, 0.2) is 46.9 Å². The van der Waals surface area contributed by atoms with Crippen molar-refractivity contribution in [2.75, 3.05) is 0 Å². The third-order valence-corrected chi connectivity index (χ3v) is 7.44. The van der Waals surface area contributed by atoms with Crippen LogP contribution in [0.2, 0.25) is 0 Å². The van der Waals surface area contributed by atoms with E-state index in [4.69, 9.17) is 0 Å². The van der Waals surface area contributed by atoms with E-state index in [1.54, 1.807) is 0 Å². The van der Waals surface area contributed by atoms with Gasteiger partial charge in [-0.15, -0.1) is 0 Å². The van der Waals surface area contributed by atoms with Crippen LogP contribution in [-0.2, 0) is 10.8 Å². The van der Waals surface area contributed by atoms with Gasteiger partial charge in [-0.05, 0) is 76.8 Å². The topological polar surface area (TPSA) is 15.8 Å². The number of aryl methyl sites for hydroxylation is 2. The van der Waals surface area contributed by atoms with Crippen LogP contribution in [0.4, 0.5) is 0 Å². The number of benzene rings is 3. The number of H-pyrrole nitrogens is 1. The van der Waals surface area contributed by atoms with Gasteiger partial charge in [0.25, 0.3) is 0 Å². The molecule has 4 rings (SSSR count). The molecule has 0 aliphatic heterocycles. The predicted molar refractivity (Wildman–Crippen MR) is 136 cm³/mol. The van der Waals surface area contributed by atoms with Gasteiger partial charge in [0.1, 0.15) is 0 Å². The van der Waals surface area contributed by atoms with Crippen LogP contribution in [0, 0.1) is 13.8 Å². The molecule has 1 nitrogen and oxygen atoms in total. The highest BCUT2D eigenvalue weighted by atomic mass is 79.9. The van der Waals surface area contributed by atoms with Gasteiger partial charge in [0.2, 0.25) is 0 Å². The number of hydrogen-bond donors (Lipinski definition) is 1. The third-order valence-electron chi connectivity index (χ3n) is 6.19. The Morgan fingerprint density at radius 2 is 1.27 bits per heavy atom. The standard InChI is InChI=1S/C28H32BrN/c1-16-11-18(12-17(2)25(16)29)21-14-20(28(6,7)8)15-23-22-13-19(27(3,4)5)9-10-24(22)30-26(21)23/h9-15,30H,1-8H3. The van der Waals surface area contributed by atoms with E-state index in [-0.39, 0.29) is 10.8 Å². The number of hydrogen-bond acceptors (Lipinski definition) is 0. The van der Waals surface area contributed by atoms with Crippen molar-refractivity contribution >= 4 is 37.7 Å². The van der Waals surface area contributed by atoms with Crippen LogP contribution < -0.4 is 0 Å². The highest BCUT2D eigenvalue weighted by Crippen LogP contribution is 2.40. The van der Waals surface area contributed by atoms with Crippen molar-refractivity contribution in [3.05, 3.63) is 69.2 Å². The fraction of sp³-hybridized carbons (Fsp3) is 0.357. The Hall–Kier alpha value is -2.06. The number of rotatable bonds is 1.